The second-order valence-corrected chi connectivity index (χ2v) is 5.56. The van der Waals surface area contributed by atoms with Crippen molar-refractivity contribution in [2.75, 3.05) is 7.11 Å². The largest absolute Gasteiger partial charge is 0.503 e. The number of ketones is 1. The molecular weight excluding hydrogens is 348 g/mol. The van der Waals surface area contributed by atoms with E-state index in [9.17, 15) is 9.90 Å². The second-order valence-electron chi connectivity index (χ2n) is 4.71. The van der Waals surface area contributed by atoms with Crippen LogP contribution in [-0.2, 0) is 6.54 Å². The van der Waals surface area contributed by atoms with E-state index in [1.54, 1.807) is 29.1 Å². The van der Waals surface area contributed by atoms with E-state index in [2.05, 4.69) is 21.0 Å². The second kappa shape index (κ2) is 6.79. The fourth-order valence-electron chi connectivity index (χ4n) is 2.11. The van der Waals surface area contributed by atoms with E-state index in [1.165, 1.54) is 13.2 Å². The van der Waals surface area contributed by atoms with E-state index in [1.807, 2.05) is 13.8 Å². The summed E-state index contributed by atoms with van der Waals surface area (Å²) < 4.78 is 7.37. The molecule has 5 nitrogen and oxygen atoms in total. The SMILES string of the molecule is CCn1ncc(C(=O)/C=C/c2cc(Br)c(O)c(OC)c2)c1C. The zero-order valence-electron chi connectivity index (χ0n) is 12.6. The number of carbonyl (C=O) groups is 1. The number of phenols is 1. The van der Waals surface area contributed by atoms with Gasteiger partial charge in [0.1, 0.15) is 0 Å². The number of carbonyl (C=O) groups excluding carboxylic acids is 1. The number of benzene rings is 1. The van der Waals surface area contributed by atoms with E-state index >= 15 is 0 Å². The number of hydrogen-bond donors (Lipinski definition) is 1. The molecule has 1 aromatic heterocycles. The first-order valence-electron chi connectivity index (χ1n) is 6.79. The highest BCUT2D eigenvalue weighted by Gasteiger charge is 2.11. The number of ether oxygens (including phenoxy) is 1. The molecule has 1 heterocycles. The maximum Gasteiger partial charge on any atom is 0.189 e. The van der Waals surface area contributed by atoms with Crippen molar-refractivity contribution in [3.8, 4) is 11.5 Å². The van der Waals surface area contributed by atoms with Crippen LogP contribution in [-0.4, -0.2) is 27.8 Å². The monoisotopic (exact) mass is 364 g/mol. The molecule has 1 aromatic carbocycles. The van der Waals surface area contributed by atoms with Crippen molar-refractivity contribution in [2.45, 2.75) is 20.4 Å². The van der Waals surface area contributed by atoms with Crippen LogP contribution in [0.15, 0.2) is 28.9 Å². The Hall–Kier alpha value is -2.08. The molecule has 22 heavy (non-hydrogen) atoms. The molecule has 0 amide bonds. The molecule has 2 aromatic rings. The van der Waals surface area contributed by atoms with Crippen LogP contribution in [0.4, 0.5) is 0 Å². The van der Waals surface area contributed by atoms with Gasteiger partial charge in [0.25, 0.3) is 0 Å². The minimum atomic E-state index is -0.111. The van der Waals surface area contributed by atoms with Crippen LogP contribution in [0, 0.1) is 6.92 Å². The van der Waals surface area contributed by atoms with Crippen LogP contribution in [0.5, 0.6) is 11.5 Å². The number of aromatic hydroxyl groups is 1. The lowest BCUT2D eigenvalue weighted by Crippen LogP contribution is -2.01. The smallest absolute Gasteiger partial charge is 0.189 e. The lowest BCUT2D eigenvalue weighted by molar-refractivity contribution is 0.104. The molecule has 0 aliphatic rings. The van der Waals surface area contributed by atoms with Crippen molar-refractivity contribution in [3.63, 3.8) is 0 Å². The highest BCUT2D eigenvalue weighted by Crippen LogP contribution is 2.35. The molecule has 0 bridgehead atoms. The van der Waals surface area contributed by atoms with E-state index < -0.39 is 0 Å². The number of aryl methyl sites for hydroxylation is 1. The number of allylic oxidation sites excluding steroid dienone is 1. The van der Waals surface area contributed by atoms with Crippen molar-refractivity contribution >= 4 is 27.8 Å². The molecule has 6 heteroatoms. The quantitative estimate of drug-likeness (QED) is 0.650. The molecule has 0 aliphatic heterocycles. The molecule has 0 saturated heterocycles. The first-order valence-corrected chi connectivity index (χ1v) is 7.58. The number of hydrogen-bond acceptors (Lipinski definition) is 4. The van der Waals surface area contributed by atoms with Gasteiger partial charge >= 0.3 is 0 Å². The highest BCUT2D eigenvalue weighted by atomic mass is 79.9. The Morgan fingerprint density at radius 2 is 2.23 bits per heavy atom. The number of halogens is 1. The molecule has 0 atom stereocenters. The van der Waals surface area contributed by atoms with Crippen molar-refractivity contribution in [1.29, 1.82) is 0 Å². The van der Waals surface area contributed by atoms with Crippen LogP contribution in [0.2, 0.25) is 0 Å². The lowest BCUT2D eigenvalue weighted by atomic mass is 10.1. The summed E-state index contributed by atoms with van der Waals surface area (Å²) in [5, 5.41) is 13.9. The van der Waals surface area contributed by atoms with Crippen LogP contribution in [0.1, 0.15) is 28.5 Å². The van der Waals surface area contributed by atoms with Gasteiger partial charge in [0.2, 0.25) is 0 Å². The summed E-state index contributed by atoms with van der Waals surface area (Å²) >= 11 is 3.25. The first-order chi connectivity index (χ1) is 10.5. The van der Waals surface area contributed by atoms with Gasteiger partial charge in [-0.2, -0.15) is 5.10 Å². The normalized spacial score (nSPS) is 11.1. The Morgan fingerprint density at radius 1 is 1.50 bits per heavy atom. The zero-order chi connectivity index (χ0) is 16.3. The minimum absolute atomic E-state index is 0.0334. The Kier molecular flexibility index (Phi) is 5.03. The van der Waals surface area contributed by atoms with Gasteiger partial charge in [0.15, 0.2) is 17.3 Å². The Morgan fingerprint density at radius 3 is 2.82 bits per heavy atom. The third-order valence-corrected chi connectivity index (χ3v) is 3.97. The number of rotatable bonds is 5. The highest BCUT2D eigenvalue weighted by molar-refractivity contribution is 9.10. The van der Waals surface area contributed by atoms with Gasteiger partial charge in [-0.25, -0.2) is 0 Å². The van der Waals surface area contributed by atoms with Gasteiger partial charge in [-0.3, -0.25) is 9.48 Å². The third kappa shape index (κ3) is 3.22. The fourth-order valence-corrected chi connectivity index (χ4v) is 2.57. The molecule has 0 radical (unpaired) electrons. The Balaban J connectivity index is 2.26. The standard InChI is InChI=1S/C16H17BrN2O3/c1-4-19-10(2)12(9-18-19)14(20)6-5-11-7-13(17)16(21)15(8-11)22-3/h5-9,21H,4H2,1-3H3/b6-5+. The average Bonchev–Trinajstić information content (AvgIpc) is 2.88. The maximum atomic E-state index is 12.2. The molecule has 116 valence electrons. The predicted molar refractivity (Wildman–Crippen MR) is 88.4 cm³/mol. The molecule has 0 spiro atoms. The molecule has 0 fully saturated rings. The van der Waals surface area contributed by atoms with Gasteiger partial charge in [-0.15, -0.1) is 0 Å². The number of phenolic OH excluding ortho intramolecular Hbond substituents is 1. The van der Waals surface area contributed by atoms with Gasteiger partial charge < -0.3 is 9.84 Å². The van der Waals surface area contributed by atoms with Gasteiger partial charge in [-0.1, -0.05) is 6.08 Å². The van der Waals surface area contributed by atoms with Crippen LogP contribution in [0.3, 0.4) is 0 Å². The molecule has 2 rings (SSSR count). The average molecular weight is 365 g/mol. The minimum Gasteiger partial charge on any atom is -0.503 e. The number of nitrogens with zero attached hydrogens (tertiary/aromatic N) is 2. The Bertz CT molecular complexity index is 735. The predicted octanol–water partition coefficient (Wildman–Crippen LogP) is 3.58. The van der Waals surface area contributed by atoms with E-state index in [0.29, 0.717) is 15.8 Å². The first kappa shape index (κ1) is 16.3. The number of methoxy groups -OCH3 is 1. The molecule has 1 N–H and O–H groups in total. The van der Waals surface area contributed by atoms with Crippen LogP contribution < -0.4 is 4.74 Å². The van der Waals surface area contributed by atoms with Crippen molar-refractivity contribution < 1.29 is 14.6 Å². The summed E-state index contributed by atoms with van der Waals surface area (Å²) in [4.78, 5) is 12.2. The maximum absolute atomic E-state index is 12.2. The summed E-state index contributed by atoms with van der Waals surface area (Å²) in [6.07, 6.45) is 4.75. The van der Waals surface area contributed by atoms with E-state index in [4.69, 9.17) is 4.74 Å². The van der Waals surface area contributed by atoms with Crippen molar-refractivity contribution in [3.05, 3.63) is 45.7 Å². The van der Waals surface area contributed by atoms with Gasteiger partial charge in [0, 0.05) is 12.2 Å². The summed E-state index contributed by atoms with van der Waals surface area (Å²) in [5.74, 6) is 0.267. The van der Waals surface area contributed by atoms with Crippen molar-refractivity contribution in [1.82, 2.24) is 9.78 Å². The van der Waals surface area contributed by atoms with E-state index in [-0.39, 0.29) is 11.5 Å². The topological polar surface area (TPSA) is 64.4 Å². The third-order valence-electron chi connectivity index (χ3n) is 3.37. The lowest BCUT2D eigenvalue weighted by Gasteiger charge is -2.06. The Labute approximate surface area is 137 Å². The summed E-state index contributed by atoms with van der Waals surface area (Å²) in [5.41, 5.74) is 2.18. The van der Waals surface area contributed by atoms with Crippen LogP contribution >= 0.6 is 15.9 Å². The summed E-state index contributed by atoms with van der Waals surface area (Å²) in [6, 6.07) is 3.37. The molecule has 0 unspecified atom stereocenters. The van der Waals surface area contributed by atoms with Crippen LogP contribution in [0.25, 0.3) is 6.08 Å². The van der Waals surface area contributed by atoms with E-state index in [0.717, 1.165) is 17.8 Å². The number of aromatic nitrogens is 2. The summed E-state index contributed by atoms with van der Waals surface area (Å²) in [6.45, 7) is 4.58. The van der Waals surface area contributed by atoms with Gasteiger partial charge in [-0.05, 0) is 53.5 Å². The van der Waals surface area contributed by atoms with Gasteiger partial charge in [0.05, 0.1) is 23.3 Å². The van der Waals surface area contributed by atoms with Crippen molar-refractivity contribution in [2.24, 2.45) is 0 Å². The molecular formula is C16H17BrN2O3. The molecule has 0 aliphatic carbocycles. The molecule has 0 saturated carbocycles. The fraction of sp³-hybridized carbons (Fsp3) is 0.250. The summed E-state index contributed by atoms with van der Waals surface area (Å²) in [7, 11) is 1.47. The zero-order valence-corrected chi connectivity index (χ0v) is 14.2.